The molecule has 0 N–H and O–H groups in total. The van der Waals surface area contributed by atoms with E-state index < -0.39 is 8.80 Å². The number of aromatic nitrogens is 2. The van der Waals surface area contributed by atoms with Gasteiger partial charge in [0, 0.05) is 15.4 Å². The largest absolute Gasteiger partial charge is 0.461 e. The summed E-state index contributed by atoms with van der Waals surface area (Å²) >= 11 is 2.07. The molecular formula is C11H19IN2O3Si. The van der Waals surface area contributed by atoms with Crippen molar-refractivity contribution in [1.82, 2.24) is 9.78 Å². The van der Waals surface area contributed by atoms with Crippen molar-refractivity contribution >= 4 is 37.4 Å². The van der Waals surface area contributed by atoms with Crippen molar-refractivity contribution in [2.45, 2.75) is 32.8 Å². The number of nitrogens with zero attached hydrogens (tertiary/aromatic N) is 2. The highest BCUT2D eigenvalue weighted by molar-refractivity contribution is 14.1. The number of halogens is 1. The Kier molecular flexibility index (Phi) is 6.86. The quantitative estimate of drug-likeness (QED) is 0.314. The number of esters is 1. The van der Waals surface area contributed by atoms with Gasteiger partial charge >= 0.3 is 5.97 Å². The molecule has 102 valence electrons. The Bertz CT molecular complexity index is 396. The molecule has 1 aromatic rings. The number of ether oxygens (including phenoxy) is 2. The van der Waals surface area contributed by atoms with E-state index in [-0.39, 0.29) is 5.97 Å². The minimum absolute atomic E-state index is 0.304. The minimum Gasteiger partial charge on any atom is -0.461 e. The summed E-state index contributed by atoms with van der Waals surface area (Å²) in [5.41, 5.74) is 0.472. The molecule has 5 nitrogen and oxygen atoms in total. The molecule has 0 aliphatic carbocycles. The third-order valence-electron chi connectivity index (χ3n) is 2.32. The number of rotatable bonds is 7. The van der Waals surface area contributed by atoms with Crippen molar-refractivity contribution in [2.24, 2.45) is 0 Å². The predicted molar refractivity (Wildman–Crippen MR) is 80.5 cm³/mol. The van der Waals surface area contributed by atoms with E-state index in [1.165, 1.54) is 0 Å². The number of carbonyl (C=O) groups excluding carboxylic acids is 1. The molecule has 0 aliphatic heterocycles. The van der Waals surface area contributed by atoms with Gasteiger partial charge in [0.1, 0.15) is 6.73 Å². The molecule has 0 unspecified atom stereocenters. The first kappa shape index (κ1) is 15.6. The molecule has 0 aliphatic rings. The van der Waals surface area contributed by atoms with Gasteiger partial charge in [-0.05, 0) is 35.6 Å². The molecule has 0 radical (unpaired) electrons. The van der Waals surface area contributed by atoms with Crippen LogP contribution in [0, 0.1) is 3.57 Å². The summed E-state index contributed by atoms with van der Waals surface area (Å²) in [5.74, 6) is -0.346. The number of hydrogen-bond donors (Lipinski definition) is 0. The molecule has 18 heavy (non-hydrogen) atoms. The van der Waals surface area contributed by atoms with Crippen LogP contribution in [0.1, 0.15) is 17.4 Å². The van der Waals surface area contributed by atoms with Gasteiger partial charge in [-0.15, -0.1) is 0 Å². The highest BCUT2D eigenvalue weighted by Crippen LogP contribution is 2.13. The monoisotopic (exact) mass is 382 g/mol. The molecule has 1 aromatic heterocycles. The van der Waals surface area contributed by atoms with E-state index >= 15 is 0 Å². The van der Waals surface area contributed by atoms with Gasteiger partial charge in [-0.2, -0.15) is 5.10 Å². The van der Waals surface area contributed by atoms with Gasteiger partial charge in [-0.25, -0.2) is 9.48 Å². The van der Waals surface area contributed by atoms with Crippen LogP contribution in [-0.4, -0.2) is 37.8 Å². The Morgan fingerprint density at radius 2 is 2.28 bits per heavy atom. The molecule has 7 heteroatoms. The molecule has 0 saturated heterocycles. The highest BCUT2D eigenvalue weighted by Gasteiger charge is 2.18. The maximum atomic E-state index is 11.8. The normalized spacial score (nSPS) is 10.9. The molecular weight excluding hydrogens is 363 g/mol. The Labute approximate surface area is 123 Å². The Hall–Kier alpha value is -0.413. The molecule has 0 amide bonds. The first-order valence-electron chi connectivity index (χ1n) is 6.02. The van der Waals surface area contributed by atoms with Gasteiger partial charge in [0.05, 0.1) is 16.4 Å². The van der Waals surface area contributed by atoms with E-state index in [0.717, 1.165) is 16.2 Å². The maximum absolute atomic E-state index is 11.8. The summed E-state index contributed by atoms with van der Waals surface area (Å²) in [7, 11) is -0.582. The zero-order valence-corrected chi connectivity index (χ0v) is 14.3. The van der Waals surface area contributed by atoms with Crippen LogP contribution in [0.4, 0.5) is 0 Å². The Balaban J connectivity index is 2.58. The standard InChI is InChI=1S/C11H19IN2O3Si/c1-4-17-11(15)10-9(12)7-13-14(10)8-16-5-6-18(2)3/h7,18H,4-6,8H2,1-3H3. The second-order valence-corrected chi connectivity index (χ2v) is 8.81. The lowest BCUT2D eigenvalue weighted by Crippen LogP contribution is -2.17. The first-order valence-corrected chi connectivity index (χ1v) is 10.2. The van der Waals surface area contributed by atoms with Crippen LogP contribution < -0.4 is 0 Å². The number of carbonyl (C=O) groups is 1. The third-order valence-corrected chi connectivity index (χ3v) is 4.50. The number of hydrogen-bond acceptors (Lipinski definition) is 4. The zero-order chi connectivity index (χ0) is 13.5. The topological polar surface area (TPSA) is 53.3 Å². The maximum Gasteiger partial charge on any atom is 0.357 e. The molecule has 0 aromatic carbocycles. The van der Waals surface area contributed by atoms with Gasteiger partial charge in [0.15, 0.2) is 5.69 Å². The van der Waals surface area contributed by atoms with Crippen molar-refractivity contribution in [2.75, 3.05) is 13.2 Å². The van der Waals surface area contributed by atoms with Crippen molar-refractivity contribution < 1.29 is 14.3 Å². The van der Waals surface area contributed by atoms with E-state index in [1.807, 2.05) is 0 Å². The molecule has 0 saturated carbocycles. The van der Waals surface area contributed by atoms with Crippen LogP contribution in [0.5, 0.6) is 0 Å². The molecule has 0 atom stereocenters. The summed E-state index contributed by atoms with van der Waals surface area (Å²) < 4.78 is 12.9. The van der Waals surface area contributed by atoms with Gasteiger partial charge in [-0.3, -0.25) is 0 Å². The van der Waals surface area contributed by atoms with Crippen molar-refractivity contribution in [3.63, 3.8) is 0 Å². The lowest BCUT2D eigenvalue weighted by molar-refractivity contribution is 0.0454. The molecule has 1 heterocycles. The van der Waals surface area contributed by atoms with Crippen LogP contribution >= 0.6 is 22.6 Å². The molecule has 1 rings (SSSR count). The van der Waals surface area contributed by atoms with Crippen LogP contribution in [0.3, 0.4) is 0 Å². The Morgan fingerprint density at radius 1 is 1.56 bits per heavy atom. The average Bonchev–Trinajstić information content (AvgIpc) is 2.66. The SMILES string of the molecule is CCOC(=O)c1c(I)cnn1COCC[SiH](C)C. The predicted octanol–water partition coefficient (Wildman–Crippen LogP) is 2.13. The average molecular weight is 382 g/mol. The minimum atomic E-state index is -0.582. The lowest BCUT2D eigenvalue weighted by atomic mass is 10.4. The fourth-order valence-electron chi connectivity index (χ4n) is 1.33. The zero-order valence-electron chi connectivity index (χ0n) is 11.0. The summed E-state index contributed by atoms with van der Waals surface area (Å²) in [6, 6.07) is 1.13. The molecule has 0 bridgehead atoms. The van der Waals surface area contributed by atoms with E-state index in [9.17, 15) is 4.79 Å². The summed E-state index contributed by atoms with van der Waals surface area (Å²) in [5, 5.41) is 4.13. The van der Waals surface area contributed by atoms with E-state index in [0.29, 0.717) is 19.0 Å². The Morgan fingerprint density at radius 3 is 2.89 bits per heavy atom. The second-order valence-electron chi connectivity index (χ2n) is 4.28. The van der Waals surface area contributed by atoms with Gasteiger partial charge in [0.25, 0.3) is 0 Å². The van der Waals surface area contributed by atoms with E-state index in [4.69, 9.17) is 9.47 Å². The first-order chi connectivity index (χ1) is 8.56. The van der Waals surface area contributed by atoms with Crippen LogP contribution in [-0.2, 0) is 16.2 Å². The summed E-state index contributed by atoms with van der Waals surface area (Å²) in [6.07, 6.45) is 1.65. The second kappa shape index (κ2) is 7.90. The van der Waals surface area contributed by atoms with Gasteiger partial charge in [0.2, 0.25) is 0 Å². The third kappa shape index (κ3) is 4.69. The van der Waals surface area contributed by atoms with Crippen molar-refractivity contribution in [3.05, 3.63) is 15.5 Å². The fraction of sp³-hybridized carbons (Fsp3) is 0.636. The van der Waals surface area contributed by atoms with E-state index in [1.54, 1.807) is 17.8 Å². The lowest BCUT2D eigenvalue weighted by Gasteiger charge is -2.09. The van der Waals surface area contributed by atoms with Crippen LogP contribution in [0.25, 0.3) is 0 Å². The molecule has 0 fully saturated rings. The summed E-state index contributed by atoms with van der Waals surface area (Å²) in [6.45, 7) is 7.74. The van der Waals surface area contributed by atoms with Crippen molar-refractivity contribution in [3.8, 4) is 0 Å². The van der Waals surface area contributed by atoms with Gasteiger partial charge in [-0.1, -0.05) is 13.1 Å². The molecule has 0 spiro atoms. The van der Waals surface area contributed by atoms with Crippen LogP contribution in [0.15, 0.2) is 6.20 Å². The van der Waals surface area contributed by atoms with Crippen LogP contribution in [0.2, 0.25) is 19.1 Å². The fourth-order valence-corrected chi connectivity index (χ4v) is 2.59. The van der Waals surface area contributed by atoms with E-state index in [2.05, 4.69) is 40.8 Å². The van der Waals surface area contributed by atoms with Crippen molar-refractivity contribution in [1.29, 1.82) is 0 Å². The van der Waals surface area contributed by atoms with Gasteiger partial charge < -0.3 is 9.47 Å². The summed E-state index contributed by atoms with van der Waals surface area (Å²) in [4.78, 5) is 11.8. The smallest absolute Gasteiger partial charge is 0.357 e. The highest BCUT2D eigenvalue weighted by atomic mass is 127.